The van der Waals surface area contributed by atoms with E-state index in [0.29, 0.717) is 45.8 Å². The van der Waals surface area contributed by atoms with Crippen LogP contribution in [0.1, 0.15) is 5.56 Å². The number of nitrogens with zero attached hydrogens (tertiary/aromatic N) is 3. The van der Waals surface area contributed by atoms with Gasteiger partial charge < -0.3 is 24.6 Å². The summed E-state index contributed by atoms with van der Waals surface area (Å²) in [7, 11) is 1.67. The molecule has 0 spiro atoms. The lowest BCUT2D eigenvalue weighted by atomic mass is 9.83. The normalized spacial score (nSPS) is 22.5. The average molecular weight is 465 g/mol. The first kappa shape index (κ1) is 22.7. The average Bonchev–Trinajstić information content (AvgIpc) is 2.88. The molecule has 0 aromatic heterocycles. The number of hydrogen-bond acceptors (Lipinski definition) is 6. The van der Waals surface area contributed by atoms with Gasteiger partial charge in [-0.2, -0.15) is 0 Å². The summed E-state index contributed by atoms with van der Waals surface area (Å²) in [5.41, 5.74) is 3.09. The van der Waals surface area contributed by atoms with Crippen molar-refractivity contribution in [3.63, 3.8) is 0 Å². The fourth-order valence-corrected chi connectivity index (χ4v) is 5.27. The molecule has 0 bridgehead atoms. The summed E-state index contributed by atoms with van der Waals surface area (Å²) >= 11 is 0. The molecule has 8 heteroatoms. The van der Waals surface area contributed by atoms with E-state index in [2.05, 4.69) is 27.2 Å². The molecular formula is C26H32N4O4. The highest BCUT2D eigenvalue weighted by atomic mass is 16.5. The van der Waals surface area contributed by atoms with E-state index in [9.17, 15) is 9.59 Å². The number of benzene rings is 2. The molecule has 180 valence electrons. The van der Waals surface area contributed by atoms with Gasteiger partial charge in [0, 0.05) is 50.2 Å². The Morgan fingerprint density at radius 3 is 2.62 bits per heavy atom. The maximum atomic E-state index is 13.5. The van der Waals surface area contributed by atoms with Crippen molar-refractivity contribution in [2.24, 2.45) is 5.92 Å². The van der Waals surface area contributed by atoms with Gasteiger partial charge in [0.15, 0.2) is 0 Å². The lowest BCUT2D eigenvalue weighted by Gasteiger charge is -2.49. The van der Waals surface area contributed by atoms with E-state index in [1.165, 1.54) is 0 Å². The Hall–Kier alpha value is -3.10. The third-order valence-corrected chi connectivity index (χ3v) is 7.11. The van der Waals surface area contributed by atoms with Crippen molar-refractivity contribution in [2.75, 3.05) is 69.8 Å². The van der Waals surface area contributed by atoms with Crippen LogP contribution in [-0.4, -0.2) is 87.2 Å². The van der Waals surface area contributed by atoms with Gasteiger partial charge >= 0.3 is 0 Å². The van der Waals surface area contributed by atoms with Crippen molar-refractivity contribution in [3.05, 3.63) is 54.1 Å². The summed E-state index contributed by atoms with van der Waals surface area (Å²) < 4.78 is 10.9. The van der Waals surface area contributed by atoms with E-state index in [-0.39, 0.29) is 23.8 Å². The van der Waals surface area contributed by atoms with Crippen LogP contribution in [-0.2, 0) is 20.7 Å². The van der Waals surface area contributed by atoms with Crippen LogP contribution < -0.4 is 15.0 Å². The summed E-state index contributed by atoms with van der Waals surface area (Å²) in [4.78, 5) is 32.8. The fraction of sp³-hybridized carbons (Fsp3) is 0.462. The number of carbonyl (C=O) groups excluding carboxylic acids is 2. The molecule has 2 aromatic carbocycles. The number of para-hydroxylation sites is 1. The second-order valence-electron chi connectivity index (χ2n) is 9.15. The van der Waals surface area contributed by atoms with Crippen LogP contribution in [0.15, 0.2) is 48.5 Å². The summed E-state index contributed by atoms with van der Waals surface area (Å²) in [5, 5.41) is 3.11. The van der Waals surface area contributed by atoms with Gasteiger partial charge in [-0.05, 0) is 30.2 Å². The standard InChI is InChI=1S/C26H32N4O4/c1-33-21-8-7-19-15-22(26(32)27-20-5-3-2-4-6-20)24-17-28(9-10-30(24)23(19)16-21)18-25(31)29-11-13-34-14-12-29/h2-8,16,22,24H,9-15,17-18H2,1H3,(H,27,32)/t22-,24+/m0/s1. The number of piperazine rings is 1. The van der Waals surface area contributed by atoms with Crippen LogP contribution >= 0.6 is 0 Å². The number of anilines is 2. The molecule has 3 aliphatic rings. The van der Waals surface area contributed by atoms with Crippen molar-refractivity contribution in [3.8, 4) is 5.75 Å². The van der Waals surface area contributed by atoms with Crippen LogP contribution in [0, 0.1) is 5.92 Å². The molecule has 3 aliphatic heterocycles. The Labute approximate surface area is 200 Å². The minimum absolute atomic E-state index is 0.0176. The third-order valence-electron chi connectivity index (χ3n) is 7.11. The number of nitrogens with one attached hydrogen (secondary N) is 1. The van der Waals surface area contributed by atoms with Gasteiger partial charge in [0.2, 0.25) is 11.8 Å². The maximum absolute atomic E-state index is 13.5. The maximum Gasteiger partial charge on any atom is 0.236 e. The summed E-state index contributed by atoms with van der Waals surface area (Å²) in [5.74, 6) is 0.751. The summed E-state index contributed by atoms with van der Waals surface area (Å²) in [6, 6.07) is 15.7. The van der Waals surface area contributed by atoms with Gasteiger partial charge in [0.1, 0.15) is 5.75 Å². The largest absolute Gasteiger partial charge is 0.497 e. The van der Waals surface area contributed by atoms with Crippen molar-refractivity contribution < 1.29 is 19.1 Å². The number of ether oxygens (including phenoxy) is 2. The number of fused-ring (bicyclic) bond motifs is 3. The van der Waals surface area contributed by atoms with Gasteiger partial charge in [-0.3, -0.25) is 14.5 Å². The van der Waals surface area contributed by atoms with Crippen molar-refractivity contribution >= 4 is 23.2 Å². The number of morpholine rings is 1. The lowest BCUT2D eigenvalue weighted by Crippen LogP contribution is -2.61. The molecule has 2 aromatic rings. The molecular weight excluding hydrogens is 432 g/mol. The van der Waals surface area contributed by atoms with Gasteiger partial charge in [0.25, 0.3) is 0 Å². The molecule has 0 saturated carbocycles. The predicted octanol–water partition coefficient (Wildman–Crippen LogP) is 1.86. The zero-order chi connectivity index (χ0) is 23.5. The van der Waals surface area contributed by atoms with Crippen LogP contribution in [0.3, 0.4) is 0 Å². The van der Waals surface area contributed by atoms with Crippen LogP contribution in [0.2, 0.25) is 0 Å². The number of amides is 2. The van der Waals surface area contributed by atoms with Crippen molar-refractivity contribution in [2.45, 2.75) is 12.5 Å². The number of carbonyl (C=O) groups is 2. The fourth-order valence-electron chi connectivity index (χ4n) is 5.27. The van der Waals surface area contributed by atoms with Crippen LogP contribution in [0.25, 0.3) is 0 Å². The highest BCUT2D eigenvalue weighted by Gasteiger charge is 2.42. The highest BCUT2D eigenvalue weighted by molar-refractivity contribution is 5.94. The van der Waals surface area contributed by atoms with Crippen LogP contribution in [0.5, 0.6) is 5.75 Å². The van der Waals surface area contributed by atoms with Crippen LogP contribution in [0.4, 0.5) is 11.4 Å². The first-order valence-corrected chi connectivity index (χ1v) is 12.0. The quantitative estimate of drug-likeness (QED) is 0.728. The van der Waals surface area contributed by atoms with E-state index in [1.54, 1.807) is 7.11 Å². The van der Waals surface area contributed by atoms with Gasteiger partial charge in [0.05, 0.1) is 38.8 Å². The summed E-state index contributed by atoms with van der Waals surface area (Å²) in [6.45, 7) is 5.08. The molecule has 0 radical (unpaired) electrons. The minimum Gasteiger partial charge on any atom is -0.497 e. The first-order valence-electron chi connectivity index (χ1n) is 12.0. The zero-order valence-corrected chi connectivity index (χ0v) is 19.6. The molecule has 1 N–H and O–H groups in total. The Kier molecular flexibility index (Phi) is 6.69. The monoisotopic (exact) mass is 464 g/mol. The molecule has 0 unspecified atom stereocenters. The van der Waals surface area contributed by atoms with E-state index in [4.69, 9.17) is 9.47 Å². The molecule has 8 nitrogen and oxygen atoms in total. The molecule has 5 rings (SSSR count). The van der Waals surface area contributed by atoms with E-state index < -0.39 is 0 Å². The van der Waals surface area contributed by atoms with Gasteiger partial charge in [-0.25, -0.2) is 0 Å². The molecule has 34 heavy (non-hydrogen) atoms. The molecule has 3 heterocycles. The van der Waals surface area contributed by atoms with Crippen molar-refractivity contribution in [1.29, 1.82) is 0 Å². The van der Waals surface area contributed by atoms with E-state index in [0.717, 1.165) is 35.8 Å². The number of hydrogen-bond donors (Lipinski definition) is 1. The molecule has 2 fully saturated rings. The lowest BCUT2D eigenvalue weighted by molar-refractivity contribution is -0.136. The second kappa shape index (κ2) is 10.0. The molecule has 2 saturated heterocycles. The second-order valence-corrected chi connectivity index (χ2v) is 9.15. The van der Waals surface area contributed by atoms with Crippen molar-refractivity contribution in [1.82, 2.24) is 9.80 Å². The Balaban J connectivity index is 1.36. The minimum atomic E-state index is -0.220. The van der Waals surface area contributed by atoms with E-state index >= 15 is 0 Å². The smallest absolute Gasteiger partial charge is 0.236 e. The molecule has 0 aliphatic carbocycles. The third kappa shape index (κ3) is 4.74. The Morgan fingerprint density at radius 1 is 1.06 bits per heavy atom. The Bertz CT molecular complexity index is 1020. The topological polar surface area (TPSA) is 74.3 Å². The Morgan fingerprint density at radius 2 is 1.85 bits per heavy atom. The molecule has 2 amide bonds. The number of rotatable bonds is 5. The molecule has 2 atom stereocenters. The SMILES string of the molecule is COc1ccc2c(c1)N1CCN(CC(=O)N3CCOCC3)C[C@@H]1[C@@H](C(=O)Nc1ccccc1)C2. The first-order chi connectivity index (χ1) is 16.6. The highest BCUT2D eigenvalue weighted by Crippen LogP contribution is 2.38. The number of methoxy groups -OCH3 is 1. The van der Waals surface area contributed by atoms with Gasteiger partial charge in [-0.15, -0.1) is 0 Å². The van der Waals surface area contributed by atoms with Gasteiger partial charge in [-0.1, -0.05) is 24.3 Å². The summed E-state index contributed by atoms with van der Waals surface area (Å²) in [6.07, 6.45) is 0.657. The van der Waals surface area contributed by atoms with E-state index in [1.807, 2.05) is 41.3 Å². The zero-order valence-electron chi connectivity index (χ0n) is 19.6. The predicted molar refractivity (Wildman–Crippen MR) is 130 cm³/mol.